The standard InChI is InChI=1S/C16H17NO2.ClH/c1-2-11-19-16-8-7-13-5-3-4-6-14(13)15(16)12-17-9-10-18;/h1,3-8,17-18H,9-12H2;1H. The number of hydrogen-bond acceptors (Lipinski definition) is 3. The van der Waals surface area contributed by atoms with Crippen molar-refractivity contribution in [1.82, 2.24) is 5.32 Å². The minimum absolute atomic E-state index is 0. The molecule has 0 bridgehead atoms. The maximum atomic E-state index is 8.85. The fourth-order valence-electron chi connectivity index (χ4n) is 2.05. The van der Waals surface area contributed by atoms with Crippen molar-refractivity contribution in [2.75, 3.05) is 19.8 Å². The van der Waals surface area contributed by atoms with Gasteiger partial charge in [-0.25, -0.2) is 0 Å². The van der Waals surface area contributed by atoms with E-state index in [1.54, 1.807) is 0 Å². The van der Waals surface area contributed by atoms with E-state index < -0.39 is 0 Å². The average Bonchev–Trinajstić information content (AvgIpc) is 2.46. The van der Waals surface area contributed by atoms with E-state index in [0.717, 1.165) is 22.1 Å². The first-order valence-electron chi connectivity index (χ1n) is 6.25. The fourth-order valence-corrected chi connectivity index (χ4v) is 2.05. The summed E-state index contributed by atoms with van der Waals surface area (Å²) in [4.78, 5) is 0. The Bertz CT molecular complexity index is 593. The molecular weight excluding hydrogens is 274 g/mol. The first-order chi connectivity index (χ1) is 9.36. The summed E-state index contributed by atoms with van der Waals surface area (Å²) in [6.07, 6.45) is 5.24. The molecule has 2 aromatic rings. The van der Waals surface area contributed by atoms with Crippen LogP contribution in [0, 0.1) is 12.3 Å². The number of nitrogens with one attached hydrogen (secondary N) is 1. The van der Waals surface area contributed by atoms with E-state index >= 15 is 0 Å². The molecule has 0 unspecified atom stereocenters. The zero-order valence-electron chi connectivity index (χ0n) is 11.1. The van der Waals surface area contributed by atoms with Gasteiger partial charge in [0.15, 0.2) is 0 Å². The molecule has 0 radical (unpaired) electrons. The second-order valence-electron chi connectivity index (χ2n) is 4.16. The van der Waals surface area contributed by atoms with Gasteiger partial charge in [0.25, 0.3) is 0 Å². The van der Waals surface area contributed by atoms with Gasteiger partial charge in [-0.3, -0.25) is 0 Å². The molecule has 0 atom stereocenters. The molecule has 20 heavy (non-hydrogen) atoms. The Morgan fingerprint density at radius 3 is 2.75 bits per heavy atom. The summed E-state index contributed by atoms with van der Waals surface area (Å²) in [7, 11) is 0. The minimum atomic E-state index is 0. The molecule has 3 nitrogen and oxygen atoms in total. The van der Waals surface area contributed by atoms with Gasteiger partial charge in [-0.1, -0.05) is 36.3 Å². The smallest absolute Gasteiger partial charge is 0.148 e. The van der Waals surface area contributed by atoms with Gasteiger partial charge in [0.1, 0.15) is 12.4 Å². The number of rotatable bonds is 6. The van der Waals surface area contributed by atoms with Gasteiger partial charge in [0.05, 0.1) is 6.61 Å². The zero-order chi connectivity index (χ0) is 13.5. The van der Waals surface area contributed by atoms with E-state index in [1.165, 1.54) is 0 Å². The quantitative estimate of drug-likeness (QED) is 0.634. The Kier molecular flexibility index (Phi) is 6.89. The molecule has 0 saturated carbocycles. The lowest BCUT2D eigenvalue weighted by molar-refractivity contribution is 0.291. The van der Waals surface area contributed by atoms with E-state index in [0.29, 0.717) is 13.1 Å². The average molecular weight is 292 g/mol. The highest BCUT2D eigenvalue weighted by Gasteiger charge is 2.08. The van der Waals surface area contributed by atoms with Gasteiger partial charge in [-0.15, -0.1) is 18.8 Å². The monoisotopic (exact) mass is 291 g/mol. The van der Waals surface area contributed by atoms with Crippen LogP contribution in [0.2, 0.25) is 0 Å². The molecular formula is C16H18ClNO2. The largest absolute Gasteiger partial charge is 0.481 e. The summed E-state index contributed by atoms with van der Waals surface area (Å²) in [6, 6.07) is 12.1. The highest BCUT2D eigenvalue weighted by molar-refractivity contribution is 5.87. The molecule has 0 fully saturated rings. The Labute approximate surface area is 125 Å². The Balaban J connectivity index is 0.00000200. The normalized spacial score (nSPS) is 9.80. The van der Waals surface area contributed by atoms with E-state index in [9.17, 15) is 0 Å². The number of hydrogen-bond donors (Lipinski definition) is 2. The zero-order valence-corrected chi connectivity index (χ0v) is 12.0. The number of aliphatic hydroxyl groups is 1. The molecule has 0 aromatic heterocycles. The highest BCUT2D eigenvalue weighted by Crippen LogP contribution is 2.28. The van der Waals surface area contributed by atoms with E-state index in [4.69, 9.17) is 16.3 Å². The van der Waals surface area contributed by atoms with Gasteiger partial charge >= 0.3 is 0 Å². The van der Waals surface area contributed by atoms with Crippen molar-refractivity contribution in [3.63, 3.8) is 0 Å². The molecule has 2 aromatic carbocycles. The van der Waals surface area contributed by atoms with Crippen molar-refractivity contribution in [3.05, 3.63) is 42.0 Å². The molecule has 0 aliphatic carbocycles. The van der Waals surface area contributed by atoms with E-state index in [-0.39, 0.29) is 25.6 Å². The lowest BCUT2D eigenvalue weighted by Crippen LogP contribution is -2.18. The molecule has 0 spiro atoms. The van der Waals surface area contributed by atoms with Gasteiger partial charge < -0.3 is 15.2 Å². The third-order valence-corrected chi connectivity index (χ3v) is 2.90. The summed E-state index contributed by atoms with van der Waals surface area (Å²) in [5.74, 6) is 3.27. The fraction of sp³-hybridized carbons (Fsp3) is 0.250. The topological polar surface area (TPSA) is 41.5 Å². The summed E-state index contributed by atoms with van der Waals surface area (Å²) < 4.78 is 5.59. The third-order valence-electron chi connectivity index (χ3n) is 2.90. The van der Waals surface area contributed by atoms with Gasteiger partial charge in [-0.2, -0.15) is 0 Å². The maximum absolute atomic E-state index is 8.85. The Morgan fingerprint density at radius 1 is 1.20 bits per heavy atom. The molecule has 0 aliphatic heterocycles. The van der Waals surface area contributed by atoms with Crippen LogP contribution in [-0.2, 0) is 6.54 Å². The number of fused-ring (bicyclic) bond motifs is 1. The highest BCUT2D eigenvalue weighted by atomic mass is 35.5. The number of benzene rings is 2. The van der Waals surface area contributed by atoms with Crippen LogP contribution in [0.1, 0.15) is 5.56 Å². The van der Waals surface area contributed by atoms with Crippen molar-refractivity contribution in [2.45, 2.75) is 6.54 Å². The molecule has 106 valence electrons. The lowest BCUT2D eigenvalue weighted by atomic mass is 10.0. The molecule has 0 saturated heterocycles. The first-order valence-corrected chi connectivity index (χ1v) is 6.25. The van der Waals surface area contributed by atoms with Crippen molar-refractivity contribution >= 4 is 23.2 Å². The van der Waals surface area contributed by atoms with Crippen LogP contribution < -0.4 is 10.1 Å². The molecule has 2 rings (SSSR count). The van der Waals surface area contributed by atoms with Crippen LogP contribution in [0.3, 0.4) is 0 Å². The van der Waals surface area contributed by atoms with Crippen LogP contribution in [0.15, 0.2) is 36.4 Å². The van der Waals surface area contributed by atoms with Crippen molar-refractivity contribution in [3.8, 4) is 18.1 Å². The lowest BCUT2D eigenvalue weighted by Gasteiger charge is -2.13. The summed E-state index contributed by atoms with van der Waals surface area (Å²) in [5.41, 5.74) is 1.07. The molecule has 4 heteroatoms. The van der Waals surface area contributed by atoms with Crippen LogP contribution in [0.4, 0.5) is 0 Å². The second-order valence-corrected chi connectivity index (χ2v) is 4.16. The minimum Gasteiger partial charge on any atom is -0.481 e. The number of aliphatic hydroxyl groups excluding tert-OH is 1. The van der Waals surface area contributed by atoms with Crippen molar-refractivity contribution in [2.24, 2.45) is 0 Å². The van der Waals surface area contributed by atoms with Crippen molar-refractivity contribution in [1.29, 1.82) is 0 Å². The SMILES string of the molecule is C#CCOc1ccc2ccccc2c1CNCCO.Cl. The summed E-state index contributed by atoms with van der Waals surface area (Å²) in [6.45, 7) is 1.57. The number of ether oxygens (including phenoxy) is 1. The number of halogens is 1. The van der Waals surface area contributed by atoms with Crippen LogP contribution in [-0.4, -0.2) is 24.9 Å². The van der Waals surface area contributed by atoms with E-state index in [1.807, 2.05) is 24.3 Å². The first kappa shape index (κ1) is 16.3. The Hall–Kier alpha value is -1.73. The predicted octanol–water partition coefficient (Wildman–Crippen LogP) is 2.36. The van der Waals surface area contributed by atoms with Gasteiger partial charge in [0.2, 0.25) is 0 Å². The van der Waals surface area contributed by atoms with Crippen molar-refractivity contribution < 1.29 is 9.84 Å². The number of terminal acetylenes is 1. The Morgan fingerprint density at radius 2 is 2.00 bits per heavy atom. The summed E-state index contributed by atoms with van der Waals surface area (Å²) in [5, 5.41) is 14.3. The van der Waals surface area contributed by atoms with Crippen LogP contribution in [0.5, 0.6) is 5.75 Å². The second kappa shape index (κ2) is 8.44. The third kappa shape index (κ3) is 3.88. The predicted molar refractivity (Wildman–Crippen MR) is 84.3 cm³/mol. The maximum Gasteiger partial charge on any atom is 0.148 e. The van der Waals surface area contributed by atoms with Crippen LogP contribution in [0.25, 0.3) is 10.8 Å². The van der Waals surface area contributed by atoms with Gasteiger partial charge in [0, 0.05) is 18.7 Å². The molecule has 0 amide bonds. The molecule has 0 heterocycles. The molecule has 2 N–H and O–H groups in total. The summed E-state index contributed by atoms with van der Waals surface area (Å²) >= 11 is 0. The van der Waals surface area contributed by atoms with Crippen LogP contribution >= 0.6 is 12.4 Å². The van der Waals surface area contributed by atoms with E-state index in [2.05, 4.69) is 23.4 Å². The molecule has 0 aliphatic rings. The van der Waals surface area contributed by atoms with Gasteiger partial charge in [-0.05, 0) is 16.8 Å².